The van der Waals surface area contributed by atoms with Crippen LogP contribution in [0.3, 0.4) is 0 Å². The summed E-state index contributed by atoms with van der Waals surface area (Å²) >= 11 is 0. The summed E-state index contributed by atoms with van der Waals surface area (Å²) in [6.45, 7) is 2.26. The Balaban J connectivity index is 3.55. The highest BCUT2D eigenvalue weighted by Crippen LogP contribution is 2.37. The lowest BCUT2D eigenvalue weighted by Crippen LogP contribution is -2.13. The fraction of sp³-hybridized carbons (Fsp3) is 0.364. The van der Waals surface area contributed by atoms with Crippen LogP contribution in [-0.2, 0) is 5.92 Å². The van der Waals surface area contributed by atoms with Crippen LogP contribution in [0.25, 0.3) is 0 Å². The second kappa shape index (κ2) is 4.08. The van der Waals surface area contributed by atoms with Crippen molar-refractivity contribution in [2.24, 2.45) is 0 Å². The molecular formula is C11H12F2O3. The summed E-state index contributed by atoms with van der Waals surface area (Å²) < 4.78 is 31.3. The maximum Gasteiger partial charge on any atom is 0.339 e. The summed E-state index contributed by atoms with van der Waals surface area (Å²) in [6.07, 6.45) is 0. The molecule has 88 valence electrons. The molecule has 5 heteroatoms. The van der Waals surface area contributed by atoms with Gasteiger partial charge in [-0.3, -0.25) is 0 Å². The molecule has 0 aliphatic heterocycles. The van der Waals surface area contributed by atoms with E-state index in [9.17, 15) is 13.6 Å². The molecule has 0 fully saturated rings. The molecule has 0 unspecified atom stereocenters. The summed E-state index contributed by atoms with van der Waals surface area (Å²) in [7, 11) is 1.17. The van der Waals surface area contributed by atoms with Gasteiger partial charge in [0.25, 0.3) is 5.92 Å². The molecule has 0 bridgehead atoms. The van der Waals surface area contributed by atoms with Crippen molar-refractivity contribution in [3.05, 3.63) is 28.8 Å². The number of carboxylic acids is 1. The van der Waals surface area contributed by atoms with Crippen molar-refractivity contribution in [1.29, 1.82) is 0 Å². The third kappa shape index (κ3) is 2.29. The van der Waals surface area contributed by atoms with Crippen molar-refractivity contribution < 1.29 is 23.4 Å². The van der Waals surface area contributed by atoms with Crippen LogP contribution in [0.15, 0.2) is 12.1 Å². The van der Waals surface area contributed by atoms with Gasteiger partial charge in [0.1, 0.15) is 11.3 Å². The van der Waals surface area contributed by atoms with Crippen LogP contribution < -0.4 is 4.74 Å². The number of carboxylic acid groups (broad SMARTS) is 1. The smallest absolute Gasteiger partial charge is 0.339 e. The predicted molar refractivity (Wildman–Crippen MR) is 54.3 cm³/mol. The zero-order chi connectivity index (χ0) is 12.5. The van der Waals surface area contributed by atoms with Gasteiger partial charge in [-0.25, -0.2) is 13.6 Å². The average molecular weight is 230 g/mol. The van der Waals surface area contributed by atoms with Crippen molar-refractivity contribution >= 4 is 5.97 Å². The lowest BCUT2D eigenvalue weighted by Gasteiger charge is -2.17. The van der Waals surface area contributed by atoms with Crippen LogP contribution in [0.5, 0.6) is 5.75 Å². The van der Waals surface area contributed by atoms with E-state index in [0.29, 0.717) is 12.5 Å². The third-order valence-electron chi connectivity index (χ3n) is 2.14. The summed E-state index contributed by atoms with van der Waals surface area (Å²) in [6, 6.07) is 2.53. The number of carbonyl (C=O) groups is 1. The summed E-state index contributed by atoms with van der Waals surface area (Å²) in [5.74, 6) is -4.71. The minimum Gasteiger partial charge on any atom is -0.495 e. The van der Waals surface area contributed by atoms with Gasteiger partial charge in [0, 0.05) is 6.92 Å². The number of ether oxygens (including phenoxy) is 1. The van der Waals surface area contributed by atoms with Gasteiger partial charge in [-0.1, -0.05) is 0 Å². The fourth-order valence-corrected chi connectivity index (χ4v) is 1.48. The number of alkyl halides is 2. The molecule has 0 atom stereocenters. The molecule has 1 aromatic rings. The maximum absolute atomic E-state index is 13.3. The summed E-state index contributed by atoms with van der Waals surface area (Å²) in [5, 5.41) is 8.89. The molecule has 16 heavy (non-hydrogen) atoms. The molecule has 0 aromatic heterocycles. The predicted octanol–water partition coefficient (Wildman–Crippen LogP) is 2.81. The molecule has 1 N–H and O–H groups in total. The van der Waals surface area contributed by atoms with E-state index < -0.39 is 17.5 Å². The molecule has 1 aromatic carbocycles. The highest BCUT2D eigenvalue weighted by Gasteiger charge is 2.31. The molecule has 0 saturated heterocycles. The van der Waals surface area contributed by atoms with Crippen molar-refractivity contribution in [3.8, 4) is 5.75 Å². The monoisotopic (exact) mass is 230 g/mol. The van der Waals surface area contributed by atoms with E-state index in [1.54, 1.807) is 6.92 Å². The van der Waals surface area contributed by atoms with Crippen LogP contribution in [0, 0.1) is 6.92 Å². The summed E-state index contributed by atoms with van der Waals surface area (Å²) in [4.78, 5) is 10.9. The van der Waals surface area contributed by atoms with Crippen LogP contribution in [-0.4, -0.2) is 18.2 Å². The summed E-state index contributed by atoms with van der Waals surface area (Å²) in [5.41, 5.74) is -0.207. The van der Waals surface area contributed by atoms with Gasteiger partial charge in [0.05, 0.1) is 12.7 Å². The SMILES string of the molecule is COc1c(C(=O)O)cc(C)cc1C(C)(F)F. The van der Waals surface area contributed by atoms with Crippen LogP contribution in [0.2, 0.25) is 0 Å². The molecule has 1 rings (SSSR count). The maximum atomic E-state index is 13.3. The van der Waals surface area contributed by atoms with E-state index in [0.717, 1.165) is 0 Å². The topological polar surface area (TPSA) is 46.5 Å². The number of methoxy groups -OCH3 is 1. The Hall–Kier alpha value is -1.65. The molecule has 0 aliphatic rings. The van der Waals surface area contributed by atoms with Gasteiger partial charge in [-0.15, -0.1) is 0 Å². The quantitative estimate of drug-likeness (QED) is 0.868. The van der Waals surface area contributed by atoms with E-state index in [4.69, 9.17) is 9.84 Å². The Labute approximate surface area is 91.7 Å². The minimum absolute atomic E-state index is 0.251. The molecule has 0 heterocycles. The normalized spacial score (nSPS) is 11.3. The fourth-order valence-electron chi connectivity index (χ4n) is 1.48. The number of hydrogen-bond donors (Lipinski definition) is 1. The van der Waals surface area contributed by atoms with Crippen LogP contribution >= 0.6 is 0 Å². The van der Waals surface area contributed by atoms with Gasteiger partial charge in [0.15, 0.2) is 0 Å². The second-order valence-corrected chi connectivity index (χ2v) is 3.59. The number of aromatic carboxylic acids is 1. The first kappa shape index (κ1) is 12.4. The van der Waals surface area contributed by atoms with E-state index in [1.807, 2.05) is 0 Å². The molecule has 0 aliphatic carbocycles. The van der Waals surface area contributed by atoms with E-state index in [2.05, 4.69) is 0 Å². The Bertz CT molecular complexity index is 422. The second-order valence-electron chi connectivity index (χ2n) is 3.59. The first-order chi connectivity index (χ1) is 7.27. The zero-order valence-electron chi connectivity index (χ0n) is 9.17. The number of hydrogen-bond acceptors (Lipinski definition) is 2. The number of rotatable bonds is 3. The van der Waals surface area contributed by atoms with Crippen molar-refractivity contribution in [2.75, 3.05) is 7.11 Å². The highest BCUT2D eigenvalue weighted by atomic mass is 19.3. The number of benzene rings is 1. The molecule has 0 amide bonds. The standard InChI is InChI=1S/C11H12F2O3/c1-6-4-7(10(14)15)9(16-3)8(5-6)11(2,12)13/h4-5H,1-3H3,(H,14,15). The van der Waals surface area contributed by atoms with Crippen molar-refractivity contribution in [1.82, 2.24) is 0 Å². The van der Waals surface area contributed by atoms with E-state index in [1.165, 1.54) is 19.2 Å². The molecule has 0 saturated carbocycles. The van der Waals surface area contributed by atoms with Crippen LogP contribution in [0.4, 0.5) is 8.78 Å². The lowest BCUT2D eigenvalue weighted by molar-refractivity contribution is 0.0149. The van der Waals surface area contributed by atoms with Crippen molar-refractivity contribution in [2.45, 2.75) is 19.8 Å². The van der Waals surface area contributed by atoms with Gasteiger partial charge < -0.3 is 9.84 Å². The average Bonchev–Trinajstić information content (AvgIpc) is 2.14. The minimum atomic E-state index is -3.14. The van der Waals surface area contributed by atoms with Gasteiger partial charge in [0.2, 0.25) is 0 Å². The Morgan fingerprint density at radius 3 is 2.38 bits per heavy atom. The molecule has 0 spiro atoms. The lowest BCUT2D eigenvalue weighted by atomic mass is 10.0. The van der Waals surface area contributed by atoms with Gasteiger partial charge in [-0.05, 0) is 24.6 Å². The van der Waals surface area contributed by atoms with E-state index >= 15 is 0 Å². The largest absolute Gasteiger partial charge is 0.495 e. The van der Waals surface area contributed by atoms with Crippen LogP contribution in [0.1, 0.15) is 28.4 Å². The highest BCUT2D eigenvalue weighted by molar-refractivity contribution is 5.91. The molecule has 0 radical (unpaired) electrons. The number of halogens is 2. The van der Waals surface area contributed by atoms with Crippen molar-refractivity contribution in [3.63, 3.8) is 0 Å². The Morgan fingerprint density at radius 1 is 1.44 bits per heavy atom. The van der Waals surface area contributed by atoms with Gasteiger partial charge >= 0.3 is 5.97 Å². The zero-order valence-corrected chi connectivity index (χ0v) is 9.17. The first-order valence-corrected chi connectivity index (χ1v) is 4.57. The Kier molecular flexibility index (Phi) is 3.16. The van der Waals surface area contributed by atoms with Gasteiger partial charge in [-0.2, -0.15) is 0 Å². The molecule has 3 nitrogen and oxygen atoms in total. The molecular weight excluding hydrogens is 218 g/mol. The number of aryl methyl sites for hydroxylation is 1. The van der Waals surface area contributed by atoms with E-state index in [-0.39, 0.29) is 11.3 Å². The Morgan fingerprint density at radius 2 is 2.00 bits per heavy atom. The third-order valence-corrected chi connectivity index (χ3v) is 2.14. The first-order valence-electron chi connectivity index (χ1n) is 4.57.